The van der Waals surface area contributed by atoms with E-state index in [0.717, 1.165) is 18.2 Å². The topological polar surface area (TPSA) is 119 Å². The predicted molar refractivity (Wildman–Crippen MR) is 77.1 cm³/mol. The maximum Gasteiger partial charge on any atom is 0.416 e. The van der Waals surface area contributed by atoms with Gasteiger partial charge in [-0.1, -0.05) is 0 Å². The number of nitrogens with one attached hydrogen (secondary N) is 1. The van der Waals surface area contributed by atoms with Crippen LogP contribution in [0.4, 0.5) is 18.9 Å². The van der Waals surface area contributed by atoms with Crippen molar-refractivity contribution in [1.29, 1.82) is 0 Å². The first-order valence-electron chi connectivity index (χ1n) is 6.58. The Kier molecular flexibility index (Phi) is 5.40. The zero-order valence-corrected chi connectivity index (χ0v) is 13.3. The van der Waals surface area contributed by atoms with E-state index in [1.807, 2.05) is 0 Å². The van der Waals surface area contributed by atoms with Crippen LogP contribution >= 0.6 is 15.9 Å². The largest absolute Gasteiger partial charge is 0.479 e. The van der Waals surface area contributed by atoms with E-state index in [0.29, 0.717) is 0 Å². The van der Waals surface area contributed by atoms with E-state index >= 15 is 0 Å². The van der Waals surface area contributed by atoms with Crippen molar-refractivity contribution >= 4 is 27.6 Å². The Labute approximate surface area is 141 Å². The highest BCUT2D eigenvalue weighted by molar-refractivity contribution is 9.10. The van der Waals surface area contributed by atoms with Crippen molar-refractivity contribution in [2.75, 3.05) is 5.32 Å². The van der Waals surface area contributed by atoms with Gasteiger partial charge in [0, 0.05) is 4.47 Å². The average Bonchev–Trinajstić information content (AvgIpc) is 2.48. The number of carboxylic acids is 1. The van der Waals surface area contributed by atoms with Crippen LogP contribution in [0.15, 0.2) is 22.7 Å². The highest BCUT2D eigenvalue weighted by atomic mass is 79.9. The zero-order chi connectivity index (χ0) is 18.2. The summed E-state index contributed by atoms with van der Waals surface area (Å²) in [7, 11) is 0. The van der Waals surface area contributed by atoms with Gasteiger partial charge in [-0.3, -0.25) is 0 Å². The molecule has 1 aliphatic rings. The molecule has 0 unspecified atom stereocenters. The Morgan fingerprint density at radius 3 is 2.29 bits per heavy atom. The molecule has 1 saturated heterocycles. The summed E-state index contributed by atoms with van der Waals surface area (Å²) in [5, 5.41) is 40.5. The number of carbonyl (C=O) groups is 1. The molecule has 24 heavy (non-hydrogen) atoms. The number of benzene rings is 1. The Hall–Kier alpha value is -1.40. The molecule has 0 amide bonds. The van der Waals surface area contributed by atoms with E-state index in [9.17, 15) is 33.3 Å². The van der Waals surface area contributed by atoms with Crippen LogP contribution in [0, 0.1) is 0 Å². The van der Waals surface area contributed by atoms with Crippen molar-refractivity contribution in [2.24, 2.45) is 0 Å². The second-order valence-electron chi connectivity index (χ2n) is 5.12. The molecule has 0 saturated carbocycles. The number of alkyl halides is 3. The summed E-state index contributed by atoms with van der Waals surface area (Å²) in [4.78, 5) is 11.0. The number of aliphatic hydroxyl groups is 3. The van der Waals surface area contributed by atoms with E-state index in [4.69, 9.17) is 9.84 Å². The van der Waals surface area contributed by atoms with Crippen LogP contribution in [0.1, 0.15) is 5.56 Å². The molecular weight excluding hydrogens is 403 g/mol. The molecule has 7 nitrogen and oxygen atoms in total. The molecule has 1 heterocycles. The lowest BCUT2D eigenvalue weighted by Gasteiger charge is -2.39. The van der Waals surface area contributed by atoms with E-state index in [1.165, 1.54) is 0 Å². The van der Waals surface area contributed by atoms with Gasteiger partial charge in [-0.15, -0.1) is 0 Å². The lowest BCUT2D eigenvalue weighted by molar-refractivity contribution is -0.221. The number of carboxylic acid groups (broad SMARTS) is 1. The normalized spacial score (nSPS) is 30.9. The number of ether oxygens (including phenoxy) is 1. The number of hydrogen-bond acceptors (Lipinski definition) is 6. The number of rotatable bonds is 3. The lowest BCUT2D eigenvalue weighted by Crippen LogP contribution is -2.61. The van der Waals surface area contributed by atoms with Crippen molar-refractivity contribution < 1.29 is 43.1 Å². The van der Waals surface area contributed by atoms with Crippen LogP contribution in [0.25, 0.3) is 0 Å². The van der Waals surface area contributed by atoms with Gasteiger partial charge in [-0.05, 0) is 34.1 Å². The molecule has 134 valence electrons. The van der Waals surface area contributed by atoms with E-state index in [-0.39, 0.29) is 10.2 Å². The highest BCUT2D eigenvalue weighted by Crippen LogP contribution is 2.35. The minimum absolute atomic E-state index is 0.0133. The molecule has 0 bridgehead atoms. The van der Waals surface area contributed by atoms with Crippen LogP contribution in [-0.4, -0.2) is 57.0 Å². The van der Waals surface area contributed by atoms with Gasteiger partial charge in [0.25, 0.3) is 0 Å². The maximum atomic E-state index is 12.6. The monoisotopic (exact) mass is 415 g/mol. The van der Waals surface area contributed by atoms with Gasteiger partial charge in [-0.2, -0.15) is 13.2 Å². The molecule has 1 aromatic rings. The van der Waals surface area contributed by atoms with Crippen LogP contribution in [-0.2, 0) is 15.7 Å². The molecule has 5 atom stereocenters. The predicted octanol–water partition coefficient (Wildman–Crippen LogP) is 0.772. The standard InChI is InChI=1S/C13H13BrF3NO6/c14-5-3-4(13(15,16)17)1-2-6(5)18-11-9(21)7(19)8(20)10(24-11)12(22)23/h1-3,7-11,18-21H,(H,22,23)/t7-,8-,9+,10-,11+/m1/s1. The van der Waals surface area contributed by atoms with Crippen molar-refractivity contribution in [3.63, 3.8) is 0 Å². The second-order valence-corrected chi connectivity index (χ2v) is 5.98. The summed E-state index contributed by atoms with van der Waals surface area (Å²) >= 11 is 2.93. The maximum absolute atomic E-state index is 12.6. The van der Waals surface area contributed by atoms with Gasteiger partial charge in [0.05, 0.1) is 11.3 Å². The number of aliphatic hydroxyl groups excluding tert-OH is 3. The number of anilines is 1. The summed E-state index contributed by atoms with van der Waals surface area (Å²) in [6.07, 6.45) is -13.2. The first-order chi connectivity index (χ1) is 11.0. The van der Waals surface area contributed by atoms with Crippen molar-refractivity contribution in [3.05, 3.63) is 28.2 Å². The Morgan fingerprint density at radius 2 is 1.79 bits per heavy atom. The minimum Gasteiger partial charge on any atom is -0.479 e. The van der Waals surface area contributed by atoms with Gasteiger partial charge in [-0.25, -0.2) is 4.79 Å². The quantitative estimate of drug-likeness (QED) is 0.494. The van der Waals surface area contributed by atoms with E-state index < -0.39 is 48.4 Å². The molecule has 2 rings (SSSR count). The summed E-state index contributed by atoms with van der Waals surface area (Å²) in [5.74, 6) is -1.56. The Bertz CT molecular complexity index is 628. The lowest BCUT2D eigenvalue weighted by atomic mass is 9.98. The van der Waals surface area contributed by atoms with Gasteiger partial charge in [0.1, 0.15) is 18.3 Å². The summed E-state index contributed by atoms with van der Waals surface area (Å²) in [6, 6.07) is 2.62. The fourth-order valence-electron chi connectivity index (χ4n) is 2.16. The van der Waals surface area contributed by atoms with Crippen LogP contribution in [0.5, 0.6) is 0 Å². The number of aliphatic carboxylic acids is 1. The molecule has 1 aliphatic heterocycles. The molecule has 11 heteroatoms. The molecule has 0 radical (unpaired) electrons. The third-order valence-electron chi connectivity index (χ3n) is 3.45. The fourth-order valence-corrected chi connectivity index (χ4v) is 2.66. The average molecular weight is 416 g/mol. The van der Waals surface area contributed by atoms with Crippen molar-refractivity contribution in [3.8, 4) is 0 Å². The first kappa shape index (κ1) is 18.9. The van der Waals surface area contributed by atoms with Gasteiger partial charge < -0.3 is 30.5 Å². The Balaban J connectivity index is 2.22. The number of hydrogen-bond donors (Lipinski definition) is 5. The molecule has 1 aromatic carbocycles. The number of halogens is 4. The van der Waals surface area contributed by atoms with Gasteiger partial charge in [0.2, 0.25) is 0 Å². The second kappa shape index (κ2) is 6.84. The molecular formula is C13H13BrF3NO6. The van der Waals surface area contributed by atoms with Gasteiger partial charge >= 0.3 is 12.1 Å². The highest BCUT2D eigenvalue weighted by Gasteiger charge is 2.47. The molecule has 1 fully saturated rings. The molecule has 5 N–H and O–H groups in total. The van der Waals surface area contributed by atoms with Crippen molar-refractivity contribution in [2.45, 2.75) is 36.8 Å². The van der Waals surface area contributed by atoms with Crippen LogP contribution < -0.4 is 5.32 Å². The first-order valence-corrected chi connectivity index (χ1v) is 7.37. The van der Waals surface area contributed by atoms with E-state index in [2.05, 4.69) is 21.2 Å². The zero-order valence-electron chi connectivity index (χ0n) is 11.7. The Morgan fingerprint density at radius 1 is 1.17 bits per heavy atom. The van der Waals surface area contributed by atoms with Gasteiger partial charge in [0.15, 0.2) is 12.3 Å². The molecule has 0 aromatic heterocycles. The summed E-state index contributed by atoms with van der Waals surface area (Å²) in [6.45, 7) is 0. The fraction of sp³-hybridized carbons (Fsp3) is 0.462. The summed E-state index contributed by atoms with van der Waals surface area (Å²) < 4.78 is 42.8. The third-order valence-corrected chi connectivity index (χ3v) is 4.11. The smallest absolute Gasteiger partial charge is 0.416 e. The van der Waals surface area contributed by atoms with E-state index in [1.54, 1.807) is 0 Å². The van der Waals surface area contributed by atoms with Crippen LogP contribution in [0.2, 0.25) is 0 Å². The molecule has 0 spiro atoms. The SMILES string of the molecule is O=C(O)[C@@H]1O[C@H](Nc2ccc(C(F)(F)F)cc2Br)[C@@H](O)[C@H](O)[C@H]1O. The summed E-state index contributed by atoms with van der Waals surface area (Å²) in [5.41, 5.74) is -0.844. The third kappa shape index (κ3) is 3.81. The molecule has 0 aliphatic carbocycles. The minimum atomic E-state index is -4.55. The van der Waals surface area contributed by atoms with Crippen LogP contribution in [0.3, 0.4) is 0 Å². The van der Waals surface area contributed by atoms with Crippen molar-refractivity contribution in [1.82, 2.24) is 0 Å².